The lowest BCUT2D eigenvalue weighted by Crippen LogP contribution is -2.51. The molecule has 1 aliphatic heterocycles. The molecule has 4 atom stereocenters. The number of benzene rings is 3. The van der Waals surface area contributed by atoms with Crippen LogP contribution in [0.1, 0.15) is 0 Å². The third-order valence-electron chi connectivity index (χ3n) is 6.40. The Balaban J connectivity index is 1.47. The fourth-order valence-electron chi connectivity index (χ4n) is 4.39. The molecule has 0 amide bonds. The molecule has 3 N–H and O–H groups in total. The van der Waals surface area contributed by atoms with E-state index in [0.29, 0.717) is 21.7 Å². The fraction of sp³-hybridized carbons (Fsp3) is 0.179. The zero-order chi connectivity index (χ0) is 26.9. The van der Waals surface area contributed by atoms with Crippen LogP contribution in [0.2, 0.25) is 5.02 Å². The summed E-state index contributed by atoms with van der Waals surface area (Å²) >= 11 is 7.26. The Hall–Kier alpha value is -3.51. The summed E-state index contributed by atoms with van der Waals surface area (Å²) in [6.45, 7) is -0.103. The number of halogens is 1. The second kappa shape index (κ2) is 10.9. The first-order chi connectivity index (χ1) is 19.0. The van der Waals surface area contributed by atoms with Crippen molar-refractivity contribution in [2.45, 2.75) is 28.9 Å². The highest BCUT2D eigenvalue weighted by atomic mass is 35.5. The lowest BCUT2D eigenvalue weighted by atomic mass is 10.1. The zero-order valence-corrected chi connectivity index (χ0v) is 22.0. The van der Waals surface area contributed by atoms with E-state index >= 15 is 0 Å². The van der Waals surface area contributed by atoms with Crippen molar-refractivity contribution in [3.63, 3.8) is 0 Å². The van der Waals surface area contributed by atoms with Crippen molar-refractivity contribution in [3.8, 4) is 34.2 Å². The quantitative estimate of drug-likeness (QED) is 0.285. The van der Waals surface area contributed by atoms with Gasteiger partial charge in [0.1, 0.15) is 29.4 Å². The summed E-state index contributed by atoms with van der Waals surface area (Å²) in [6, 6.07) is 28.9. The van der Waals surface area contributed by atoms with Crippen LogP contribution in [0.3, 0.4) is 0 Å². The Morgan fingerprint density at radius 2 is 1.51 bits per heavy atom. The Kier molecular flexibility index (Phi) is 7.22. The van der Waals surface area contributed by atoms with Gasteiger partial charge in [0.2, 0.25) is 0 Å². The smallest absolute Gasteiger partial charge is 0.198 e. The summed E-state index contributed by atoms with van der Waals surface area (Å²) in [5, 5.41) is 45.4. The molecule has 0 bridgehead atoms. The van der Waals surface area contributed by atoms with Crippen LogP contribution in [0.5, 0.6) is 0 Å². The largest absolute Gasteiger partial charge is 0.388 e. The van der Waals surface area contributed by atoms with Crippen molar-refractivity contribution >= 4 is 23.4 Å². The van der Waals surface area contributed by atoms with E-state index in [1.165, 1.54) is 0 Å². The molecule has 11 heteroatoms. The van der Waals surface area contributed by atoms with Crippen LogP contribution < -0.4 is 0 Å². The van der Waals surface area contributed by atoms with Crippen molar-refractivity contribution in [2.24, 2.45) is 0 Å². The molecule has 198 valence electrons. The predicted octanol–water partition coefficient (Wildman–Crippen LogP) is 3.97. The topological polar surface area (TPSA) is 118 Å². The first kappa shape index (κ1) is 25.8. The van der Waals surface area contributed by atoms with Gasteiger partial charge in [-0.25, -0.2) is 4.68 Å². The predicted molar refractivity (Wildman–Crippen MR) is 148 cm³/mol. The second-order valence-electron chi connectivity index (χ2n) is 9.01. The number of para-hydroxylation sites is 1. The molecule has 3 aromatic carbocycles. The minimum Gasteiger partial charge on any atom is -0.388 e. The van der Waals surface area contributed by atoms with E-state index in [2.05, 4.69) is 10.2 Å². The van der Waals surface area contributed by atoms with Crippen LogP contribution in [-0.4, -0.2) is 70.2 Å². The molecular weight excluding hydrogens is 538 g/mol. The van der Waals surface area contributed by atoms with Crippen molar-refractivity contribution in [3.05, 3.63) is 96.0 Å². The Morgan fingerprint density at radius 1 is 0.821 bits per heavy atom. The Labute approximate surface area is 233 Å². The van der Waals surface area contributed by atoms with Gasteiger partial charge in [-0.1, -0.05) is 71.9 Å². The van der Waals surface area contributed by atoms with Crippen molar-refractivity contribution in [2.75, 3.05) is 6.61 Å². The molecule has 9 nitrogen and oxygen atoms in total. The number of rotatable bonds is 6. The Morgan fingerprint density at radius 3 is 2.23 bits per heavy atom. The maximum atomic E-state index is 10.5. The lowest BCUT2D eigenvalue weighted by Gasteiger charge is -2.34. The van der Waals surface area contributed by atoms with E-state index in [9.17, 15) is 15.3 Å². The van der Waals surface area contributed by atoms with Gasteiger partial charge < -0.3 is 20.1 Å². The molecule has 1 aliphatic rings. The molecule has 1 saturated heterocycles. The normalized spacial score (nSPS) is 21.2. The van der Waals surface area contributed by atoms with Crippen LogP contribution in [0.15, 0.2) is 96.2 Å². The van der Waals surface area contributed by atoms with Gasteiger partial charge in [0.05, 0.1) is 18.0 Å². The van der Waals surface area contributed by atoms with Gasteiger partial charge in [0, 0.05) is 16.3 Å². The van der Waals surface area contributed by atoms with E-state index in [4.69, 9.17) is 21.4 Å². The fourth-order valence-corrected chi connectivity index (χ4v) is 5.56. The van der Waals surface area contributed by atoms with Crippen molar-refractivity contribution < 1.29 is 20.1 Å². The van der Waals surface area contributed by atoms with Gasteiger partial charge in [-0.05, 0) is 42.5 Å². The van der Waals surface area contributed by atoms with E-state index in [1.807, 2.05) is 100 Å². The summed E-state index contributed by atoms with van der Waals surface area (Å²) in [5.41, 5.74) is 3.16. The molecule has 5 aromatic rings. The third kappa shape index (κ3) is 5.10. The van der Waals surface area contributed by atoms with E-state index in [1.54, 1.807) is 0 Å². The van der Waals surface area contributed by atoms with Gasteiger partial charge >= 0.3 is 0 Å². The van der Waals surface area contributed by atoms with Crippen LogP contribution >= 0.6 is 23.4 Å². The summed E-state index contributed by atoms with van der Waals surface area (Å²) in [6.07, 6.45) is -3.79. The van der Waals surface area contributed by atoms with Gasteiger partial charge in [0.15, 0.2) is 11.0 Å². The number of hydrogen-bond donors (Lipinski definition) is 3. The van der Waals surface area contributed by atoms with Crippen LogP contribution in [0.4, 0.5) is 0 Å². The van der Waals surface area contributed by atoms with Crippen molar-refractivity contribution in [1.82, 2.24) is 24.5 Å². The van der Waals surface area contributed by atoms with E-state index in [-0.39, 0.29) is 6.61 Å². The SMILES string of the molecule is O[C@@H]1[C@@H](O)[C@H](Sc2nnc(-c3cc(-c4ccccc4)n(-c4ccc(Cl)cc4)n3)n2-c2ccccc2)OC[C@H]1O. The maximum Gasteiger partial charge on any atom is 0.198 e. The first-order valence-electron chi connectivity index (χ1n) is 12.2. The molecule has 0 radical (unpaired) electrons. The molecule has 0 aliphatic carbocycles. The molecule has 0 spiro atoms. The maximum absolute atomic E-state index is 10.5. The number of ether oxygens (including phenoxy) is 1. The van der Waals surface area contributed by atoms with Gasteiger partial charge in [-0.15, -0.1) is 10.2 Å². The number of aliphatic hydroxyl groups excluding tert-OH is 3. The average molecular weight is 562 g/mol. The number of aromatic nitrogens is 5. The highest BCUT2D eigenvalue weighted by Crippen LogP contribution is 2.35. The van der Waals surface area contributed by atoms with E-state index < -0.39 is 23.7 Å². The minimum absolute atomic E-state index is 0.103. The summed E-state index contributed by atoms with van der Waals surface area (Å²) in [7, 11) is 0. The molecule has 0 saturated carbocycles. The summed E-state index contributed by atoms with van der Waals surface area (Å²) in [5.74, 6) is 0.486. The molecule has 39 heavy (non-hydrogen) atoms. The number of hydrogen-bond acceptors (Lipinski definition) is 8. The number of nitrogens with zero attached hydrogens (tertiary/aromatic N) is 5. The molecular formula is C28H24ClN5O4S. The zero-order valence-electron chi connectivity index (χ0n) is 20.4. The second-order valence-corrected chi connectivity index (χ2v) is 10.5. The minimum atomic E-state index is -1.33. The summed E-state index contributed by atoms with van der Waals surface area (Å²) < 4.78 is 9.29. The summed E-state index contributed by atoms with van der Waals surface area (Å²) in [4.78, 5) is 0. The molecule has 0 unspecified atom stereocenters. The molecule has 6 rings (SSSR count). The highest BCUT2D eigenvalue weighted by Gasteiger charge is 2.39. The highest BCUT2D eigenvalue weighted by molar-refractivity contribution is 7.99. The van der Waals surface area contributed by atoms with Gasteiger partial charge in [-0.2, -0.15) is 5.10 Å². The molecule has 2 aromatic heterocycles. The molecule has 1 fully saturated rings. The van der Waals surface area contributed by atoms with Crippen molar-refractivity contribution in [1.29, 1.82) is 0 Å². The lowest BCUT2D eigenvalue weighted by molar-refractivity contribution is -0.161. The standard InChI is InChI=1S/C28H24ClN5O4S/c29-18-11-13-20(14-12-18)34-22(17-7-3-1-4-8-17)15-21(32-34)26-30-31-28(33(26)19-9-5-2-6-10-19)39-27-25(37)24(36)23(35)16-38-27/h1-15,23-25,27,35-37H,16H2/t23-,24+,25-,27+/m1/s1. The van der Waals surface area contributed by atoms with Crippen LogP contribution in [0.25, 0.3) is 34.2 Å². The molecule has 3 heterocycles. The number of aliphatic hydroxyl groups is 3. The van der Waals surface area contributed by atoms with Crippen LogP contribution in [-0.2, 0) is 4.74 Å². The first-order valence-corrected chi connectivity index (χ1v) is 13.5. The monoisotopic (exact) mass is 561 g/mol. The number of thioether (sulfide) groups is 1. The third-order valence-corrected chi connectivity index (χ3v) is 7.78. The van der Waals surface area contributed by atoms with Crippen LogP contribution in [0, 0.1) is 0 Å². The Bertz CT molecular complexity index is 1560. The van der Waals surface area contributed by atoms with E-state index in [0.717, 1.165) is 34.4 Å². The van der Waals surface area contributed by atoms with Gasteiger partial charge in [0.25, 0.3) is 0 Å². The average Bonchev–Trinajstić information content (AvgIpc) is 3.59. The van der Waals surface area contributed by atoms with Gasteiger partial charge in [-0.3, -0.25) is 4.57 Å².